The standard InChI is InChI=1S/C20H24ClN5O2/c21-17-3-1-16(2-4-17)13-20(27)26-7-5-24(6-8-26)18-14-19(23-15-22-18)25-9-11-28-12-10-25/h1-4,14-15H,5-13H2. The second-order valence-electron chi connectivity index (χ2n) is 7.00. The van der Waals surface area contributed by atoms with Crippen molar-refractivity contribution >= 4 is 29.1 Å². The molecule has 0 bridgehead atoms. The van der Waals surface area contributed by atoms with Crippen molar-refractivity contribution in [1.82, 2.24) is 14.9 Å². The fourth-order valence-corrected chi connectivity index (χ4v) is 3.68. The van der Waals surface area contributed by atoms with Gasteiger partial charge in [-0.3, -0.25) is 4.79 Å². The number of hydrogen-bond donors (Lipinski definition) is 0. The molecule has 1 amide bonds. The Labute approximate surface area is 169 Å². The minimum absolute atomic E-state index is 0.152. The maximum absolute atomic E-state index is 12.6. The van der Waals surface area contributed by atoms with Crippen LogP contribution in [0.15, 0.2) is 36.7 Å². The molecule has 0 atom stereocenters. The van der Waals surface area contributed by atoms with Gasteiger partial charge in [0.2, 0.25) is 5.91 Å². The van der Waals surface area contributed by atoms with E-state index in [1.165, 1.54) is 0 Å². The summed E-state index contributed by atoms with van der Waals surface area (Å²) in [7, 11) is 0. The lowest BCUT2D eigenvalue weighted by molar-refractivity contribution is -0.130. The number of ether oxygens (including phenoxy) is 1. The Hall–Kier alpha value is -2.38. The van der Waals surface area contributed by atoms with E-state index in [-0.39, 0.29) is 5.91 Å². The Morgan fingerprint density at radius 3 is 2.18 bits per heavy atom. The van der Waals surface area contributed by atoms with Gasteiger partial charge in [0.15, 0.2) is 0 Å². The van der Waals surface area contributed by atoms with Crippen LogP contribution in [0.1, 0.15) is 5.56 Å². The number of morpholine rings is 1. The molecular weight excluding hydrogens is 378 g/mol. The van der Waals surface area contributed by atoms with E-state index in [0.29, 0.717) is 24.5 Å². The van der Waals surface area contributed by atoms with E-state index in [1.807, 2.05) is 35.2 Å². The van der Waals surface area contributed by atoms with E-state index in [0.717, 1.165) is 56.6 Å². The highest BCUT2D eigenvalue weighted by atomic mass is 35.5. The second kappa shape index (κ2) is 8.75. The summed E-state index contributed by atoms with van der Waals surface area (Å²) in [6.45, 7) is 6.10. The average molecular weight is 402 g/mol. The molecule has 2 fully saturated rings. The number of halogens is 1. The second-order valence-corrected chi connectivity index (χ2v) is 7.44. The van der Waals surface area contributed by atoms with Crippen LogP contribution in [0.2, 0.25) is 5.02 Å². The molecule has 0 spiro atoms. The maximum Gasteiger partial charge on any atom is 0.227 e. The Bertz CT molecular complexity index is 802. The van der Waals surface area contributed by atoms with Crippen LogP contribution in [-0.4, -0.2) is 73.3 Å². The highest BCUT2D eigenvalue weighted by molar-refractivity contribution is 6.30. The van der Waals surface area contributed by atoms with Gasteiger partial charge in [0.05, 0.1) is 19.6 Å². The van der Waals surface area contributed by atoms with Gasteiger partial charge in [0.25, 0.3) is 0 Å². The molecule has 2 aliphatic rings. The van der Waals surface area contributed by atoms with Crippen LogP contribution in [-0.2, 0) is 16.0 Å². The molecule has 2 saturated heterocycles. The van der Waals surface area contributed by atoms with Gasteiger partial charge in [-0.1, -0.05) is 23.7 Å². The molecule has 1 aromatic carbocycles. The van der Waals surface area contributed by atoms with Crippen molar-refractivity contribution in [2.45, 2.75) is 6.42 Å². The van der Waals surface area contributed by atoms with Crippen molar-refractivity contribution in [1.29, 1.82) is 0 Å². The number of amides is 1. The van der Waals surface area contributed by atoms with Gasteiger partial charge in [-0.15, -0.1) is 0 Å². The highest BCUT2D eigenvalue weighted by Gasteiger charge is 2.23. The molecule has 3 heterocycles. The molecule has 7 nitrogen and oxygen atoms in total. The molecule has 28 heavy (non-hydrogen) atoms. The van der Waals surface area contributed by atoms with Crippen molar-refractivity contribution in [2.75, 3.05) is 62.3 Å². The number of rotatable bonds is 4. The van der Waals surface area contributed by atoms with Crippen LogP contribution >= 0.6 is 11.6 Å². The minimum Gasteiger partial charge on any atom is -0.378 e. The molecular formula is C20H24ClN5O2. The van der Waals surface area contributed by atoms with Gasteiger partial charge >= 0.3 is 0 Å². The van der Waals surface area contributed by atoms with Crippen molar-refractivity contribution in [3.8, 4) is 0 Å². The van der Waals surface area contributed by atoms with Crippen molar-refractivity contribution in [3.05, 3.63) is 47.2 Å². The number of hydrogen-bond acceptors (Lipinski definition) is 6. The molecule has 0 unspecified atom stereocenters. The fraction of sp³-hybridized carbons (Fsp3) is 0.450. The van der Waals surface area contributed by atoms with Gasteiger partial charge in [-0.25, -0.2) is 9.97 Å². The largest absolute Gasteiger partial charge is 0.378 e. The molecule has 0 radical (unpaired) electrons. The highest BCUT2D eigenvalue weighted by Crippen LogP contribution is 2.20. The molecule has 8 heteroatoms. The number of carbonyl (C=O) groups is 1. The zero-order chi connectivity index (χ0) is 19.3. The predicted octanol–water partition coefficient (Wildman–Crippen LogP) is 1.86. The molecule has 0 aliphatic carbocycles. The number of carbonyl (C=O) groups excluding carboxylic acids is 1. The topological polar surface area (TPSA) is 61.8 Å². The lowest BCUT2D eigenvalue weighted by Gasteiger charge is -2.36. The SMILES string of the molecule is O=C(Cc1ccc(Cl)cc1)N1CCN(c2cc(N3CCOCC3)ncn2)CC1. The molecule has 4 rings (SSSR count). The van der Waals surface area contributed by atoms with E-state index < -0.39 is 0 Å². The van der Waals surface area contributed by atoms with E-state index in [1.54, 1.807) is 6.33 Å². The smallest absolute Gasteiger partial charge is 0.227 e. The number of anilines is 2. The normalized spacial score (nSPS) is 17.7. The van der Waals surface area contributed by atoms with E-state index in [2.05, 4.69) is 19.8 Å². The summed E-state index contributed by atoms with van der Waals surface area (Å²) in [5.41, 5.74) is 0.989. The van der Waals surface area contributed by atoms with Gasteiger partial charge in [0.1, 0.15) is 18.0 Å². The first kappa shape index (κ1) is 19.0. The average Bonchev–Trinajstić information content (AvgIpc) is 2.76. The summed E-state index contributed by atoms with van der Waals surface area (Å²) in [5, 5.41) is 0.686. The molecule has 2 aliphatic heterocycles. The van der Waals surface area contributed by atoms with Crippen LogP contribution in [0, 0.1) is 0 Å². The van der Waals surface area contributed by atoms with Crippen molar-refractivity contribution < 1.29 is 9.53 Å². The summed E-state index contributed by atoms with van der Waals surface area (Å²) in [6, 6.07) is 9.50. The van der Waals surface area contributed by atoms with E-state index in [4.69, 9.17) is 16.3 Å². The lowest BCUT2D eigenvalue weighted by atomic mass is 10.1. The molecule has 0 N–H and O–H groups in total. The zero-order valence-corrected chi connectivity index (χ0v) is 16.5. The molecule has 0 saturated carbocycles. The predicted molar refractivity (Wildman–Crippen MR) is 109 cm³/mol. The monoisotopic (exact) mass is 401 g/mol. The van der Waals surface area contributed by atoms with Crippen LogP contribution in [0.25, 0.3) is 0 Å². The van der Waals surface area contributed by atoms with E-state index in [9.17, 15) is 4.79 Å². The first-order valence-corrected chi connectivity index (χ1v) is 9.99. The Morgan fingerprint density at radius 1 is 0.929 bits per heavy atom. The first-order chi connectivity index (χ1) is 13.7. The Morgan fingerprint density at radius 2 is 1.54 bits per heavy atom. The summed E-state index contributed by atoms with van der Waals surface area (Å²) >= 11 is 5.91. The van der Waals surface area contributed by atoms with Crippen LogP contribution < -0.4 is 9.80 Å². The third-order valence-corrected chi connectivity index (χ3v) is 5.45. The number of piperazine rings is 1. The number of nitrogens with zero attached hydrogens (tertiary/aromatic N) is 5. The number of aromatic nitrogens is 2. The van der Waals surface area contributed by atoms with Crippen LogP contribution in [0.4, 0.5) is 11.6 Å². The first-order valence-electron chi connectivity index (χ1n) is 9.61. The van der Waals surface area contributed by atoms with Crippen molar-refractivity contribution in [3.63, 3.8) is 0 Å². The summed E-state index contributed by atoms with van der Waals surface area (Å²) < 4.78 is 5.41. The van der Waals surface area contributed by atoms with Gasteiger partial charge in [-0.05, 0) is 17.7 Å². The fourth-order valence-electron chi connectivity index (χ4n) is 3.55. The van der Waals surface area contributed by atoms with Gasteiger partial charge in [-0.2, -0.15) is 0 Å². The van der Waals surface area contributed by atoms with E-state index >= 15 is 0 Å². The third-order valence-electron chi connectivity index (χ3n) is 5.20. The minimum atomic E-state index is 0.152. The third kappa shape index (κ3) is 4.54. The van der Waals surface area contributed by atoms with Crippen LogP contribution in [0.5, 0.6) is 0 Å². The Balaban J connectivity index is 1.33. The summed E-state index contributed by atoms with van der Waals surface area (Å²) in [5.74, 6) is 2.01. The van der Waals surface area contributed by atoms with Crippen molar-refractivity contribution in [2.24, 2.45) is 0 Å². The molecule has 2 aromatic rings. The summed E-state index contributed by atoms with van der Waals surface area (Å²) in [6.07, 6.45) is 2.03. The molecule has 148 valence electrons. The Kier molecular flexibility index (Phi) is 5.92. The quantitative estimate of drug-likeness (QED) is 0.779. The van der Waals surface area contributed by atoms with Gasteiger partial charge in [0, 0.05) is 50.4 Å². The maximum atomic E-state index is 12.6. The molecule has 1 aromatic heterocycles. The summed E-state index contributed by atoms with van der Waals surface area (Å²) in [4.78, 5) is 27.8. The zero-order valence-electron chi connectivity index (χ0n) is 15.8. The van der Waals surface area contributed by atoms with Crippen LogP contribution in [0.3, 0.4) is 0 Å². The van der Waals surface area contributed by atoms with Gasteiger partial charge < -0.3 is 19.4 Å². The lowest BCUT2D eigenvalue weighted by Crippen LogP contribution is -2.49. The number of benzene rings is 1.